The number of aryl methyl sites for hydroxylation is 6. The van der Waals surface area contributed by atoms with Crippen molar-refractivity contribution in [3.8, 4) is 11.1 Å². The second-order valence-electron chi connectivity index (χ2n) is 12.6. The van der Waals surface area contributed by atoms with Crippen LogP contribution in [-0.2, 0) is 38.8 Å². The van der Waals surface area contributed by atoms with Gasteiger partial charge in [0, 0.05) is 56.7 Å². The molecule has 0 saturated carbocycles. The van der Waals surface area contributed by atoms with Crippen molar-refractivity contribution < 1.29 is 0 Å². The van der Waals surface area contributed by atoms with Gasteiger partial charge in [0.1, 0.15) is 0 Å². The quantitative estimate of drug-likeness (QED) is 0.157. The van der Waals surface area contributed by atoms with Gasteiger partial charge in [-0.2, -0.15) is 0 Å². The van der Waals surface area contributed by atoms with E-state index in [1.165, 1.54) is 77.0 Å². The van der Waals surface area contributed by atoms with E-state index in [0.29, 0.717) is 0 Å². The highest BCUT2D eigenvalue weighted by molar-refractivity contribution is 6.09. The van der Waals surface area contributed by atoms with Crippen molar-refractivity contribution in [1.82, 2.24) is 9.13 Å². The summed E-state index contributed by atoms with van der Waals surface area (Å²) in [5, 5.41) is 5.45. The number of rotatable bonds is 9. The third-order valence-electron chi connectivity index (χ3n) is 9.95. The minimum absolute atomic E-state index is 0.988. The molecule has 0 atom stereocenters. The Kier molecular flexibility index (Phi) is 7.42. The second kappa shape index (κ2) is 12.0. The fourth-order valence-corrected chi connectivity index (χ4v) is 7.50. The molecule has 46 heavy (non-hydrogen) atoms. The van der Waals surface area contributed by atoms with Gasteiger partial charge in [-0.15, -0.1) is 0 Å². The first kappa shape index (κ1) is 28.4. The lowest BCUT2D eigenvalue weighted by Crippen LogP contribution is -1.94. The van der Waals surface area contributed by atoms with Crippen molar-refractivity contribution >= 4 is 43.6 Å². The summed E-state index contributed by atoms with van der Waals surface area (Å²) in [7, 11) is 0. The van der Waals surface area contributed by atoms with E-state index in [2.05, 4.69) is 156 Å². The van der Waals surface area contributed by atoms with Crippen LogP contribution >= 0.6 is 0 Å². The highest BCUT2D eigenvalue weighted by Gasteiger charge is 2.11. The maximum absolute atomic E-state index is 2.42. The molecular weight excluding hydrogens is 556 g/mol. The van der Waals surface area contributed by atoms with Crippen molar-refractivity contribution in [2.75, 3.05) is 0 Å². The van der Waals surface area contributed by atoms with Crippen molar-refractivity contribution in [2.45, 2.75) is 52.6 Å². The van der Waals surface area contributed by atoms with E-state index in [9.17, 15) is 0 Å². The summed E-state index contributed by atoms with van der Waals surface area (Å²) in [5.74, 6) is 0. The Morgan fingerprint density at radius 2 is 0.696 bits per heavy atom. The molecule has 0 N–H and O–H groups in total. The van der Waals surface area contributed by atoms with E-state index in [-0.39, 0.29) is 0 Å². The zero-order valence-electron chi connectivity index (χ0n) is 26.8. The minimum Gasteiger partial charge on any atom is -0.341 e. The van der Waals surface area contributed by atoms with Gasteiger partial charge >= 0.3 is 0 Å². The minimum atomic E-state index is 0.988. The smallest absolute Gasteiger partial charge is 0.0491 e. The largest absolute Gasteiger partial charge is 0.341 e. The van der Waals surface area contributed by atoms with Crippen molar-refractivity contribution in [3.63, 3.8) is 0 Å². The molecule has 6 aromatic carbocycles. The molecule has 0 bridgehead atoms. The lowest BCUT2D eigenvalue weighted by Gasteiger charge is -2.08. The predicted molar refractivity (Wildman–Crippen MR) is 197 cm³/mol. The number of hydrogen-bond acceptors (Lipinski definition) is 0. The lowest BCUT2D eigenvalue weighted by molar-refractivity contribution is 0.827. The standard InChI is InChI=1S/C44H40N2/c1-3-45-41-11-7-5-9-37(41)39-29-33(21-27-43(39)45)15-13-31-17-23-35(24-18-31)36-25-19-32(20-26-36)14-16-34-22-28-44-40(30-34)38-10-6-8-12-42(38)46(44)4-2/h5-12,17-30H,3-4,13-16H2,1-2H3. The molecule has 0 radical (unpaired) electrons. The molecule has 2 heteroatoms. The van der Waals surface area contributed by atoms with Crippen LogP contribution in [0, 0.1) is 0 Å². The van der Waals surface area contributed by atoms with Crippen molar-refractivity contribution in [3.05, 3.63) is 156 Å². The number of aromatic nitrogens is 2. The van der Waals surface area contributed by atoms with Gasteiger partial charge in [0.15, 0.2) is 0 Å². The average molecular weight is 597 g/mol. The molecule has 0 amide bonds. The van der Waals surface area contributed by atoms with E-state index in [4.69, 9.17) is 0 Å². The Morgan fingerprint density at radius 1 is 0.348 bits per heavy atom. The molecule has 0 fully saturated rings. The lowest BCUT2D eigenvalue weighted by atomic mass is 9.97. The predicted octanol–water partition coefficient (Wildman–Crippen LogP) is 11.2. The normalized spacial score (nSPS) is 11.8. The first-order valence-electron chi connectivity index (χ1n) is 16.9. The summed E-state index contributed by atoms with van der Waals surface area (Å²) in [5.41, 5.74) is 13.5. The van der Waals surface area contributed by atoms with Crippen LogP contribution in [0.15, 0.2) is 133 Å². The maximum atomic E-state index is 2.42. The second-order valence-corrected chi connectivity index (χ2v) is 12.6. The number of fused-ring (bicyclic) bond motifs is 6. The Bertz CT molecular complexity index is 2150. The first-order valence-corrected chi connectivity index (χ1v) is 16.9. The van der Waals surface area contributed by atoms with Crippen LogP contribution in [-0.4, -0.2) is 9.13 Å². The first-order chi connectivity index (χ1) is 22.7. The summed E-state index contributed by atoms with van der Waals surface area (Å²) in [6.07, 6.45) is 4.18. The van der Waals surface area contributed by atoms with Crippen LogP contribution in [0.2, 0.25) is 0 Å². The SMILES string of the molecule is CCn1c2ccccc2c2cc(CCc3ccc(-c4ccc(CCc5ccc6c(c5)c5ccccc5n6CC)cc4)cc3)ccc21. The molecule has 0 saturated heterocycles. The molecular formula is C44H40N2. The van der Waals surface area contributed by atoms with Gasteiger partial charge in [0.25, 0.3) is 0 Å². The van der Waals surface area contributed by atoms with E-state index in [0.717, 1.165) is 38.8 Å². The van der Waals surface area contributed by atoms with Crippen LogP contribution in [0.25, 0.3) is 54.7 Å². The Labute approximate surface area is 271 Å². The number of hydrogen-bond donors (Lipinski definition) is 0. The fourth-order valence-electron chi connectivity index (χ4n) is 7.50. The summed E-state index contributed by atoms with van der Waals surface area (Å²) in [6, 6.07) is 50.0. The molecule has 0 aliphatic heterocycles. The van der Waals surface area contributed by atoms with Gasteiger partial charge in [-0.05, 0) is 109 Å². The molecule has 2 aromatic heterocycles. The molecule has 0 unspecified atom stereocenters. The van der Waals surface area contributed by atoms with Crippen LogP contribution in [0.4, 0.5) is 0 Å². The molecule has 8 rings (SSSR count). The molecule has 226 valence electrons. The van der Waals surface area contributed by atoms with Gasteiger partial charge < -0.3 is 9.13 Å². The third-order valence-corrected chi connectivity index (χ3v) is 9.95. The zero-order chi connectivity index (χ0) is 31.0. The third kappa shape index (κ3) is 5.08. The van der Waals surface area contributed by atoms with Crippen LogP contribution in [0.5, 0.6) is 0 Å². The number of para-hydroxylation sites is 2. The molecule has 2 heterocycles. The summed E-state index contributed by atoms with van der Waals surface area (Å²) in [6.45, 7) is 6.43. The topological polar surface area (TPSA) is 9.86 Å². The number of benzene rings is 6. The van der Waals surface area contributed by atoms with Gasteiger partial charge in [-0.3, -0.25) is 0 Å². The molecule has 2 nitrogen and oxygen atoms in total. The van der Waals surface area contributed by atoms with E-state index in [1.807, 2.05) is 0 Å². The maximum Gasteiger partial charge on any atom is 0.0491 e. The van der Waals surface area contributed by atoms with Crippen LogP contribution in [0.3, 0.4) is 0 Å². The van der Waals surface area contributed by atoms with Crippen LogP contribution < -0.4 is 0 Å². The van der Waals surface area contributed by atoms with Gasteiger partial charge in [0.2, 0.25) is 0 Å². The van der Waals surface area contributed by atoms with E-state index < -0.39 is 0 Å². The van der Waals surface area contributed by atoms with E-state index in [1.54, 1.807) is 0 Å². The Balaban J connectivity index is 0.920. The molecule has 8 aromatic rings. The number of nitrogens with zero attached hydrogens (tertiary/aromatic N) is 2. The Hall–Kier alpha value is -5.08. The van der Waals surface area contributed by atoms with Crippen LogP contribution in [0.1, 0.15) is 36.1 Å². The fraction of sp³-hybridized carbons (Fsp3) is 0.182. The van der Waals surface area contributed by atoms with Gasteiger partial charge in [-0.25, -0.2) is 0 Å². The monoisotopic (exact) mass is 596 g/mol. The molecule has 0 aliphatic carbocycles. The van der Waals surface area contributed by atoms with E-state index >= 15 is 0 Å². The van der Waals surface area contributed by atoms with Gasteiger partial charge in [0.05, 0.1) is 0 Å². The zero-order valence-corrected chi connectivity index (χ0v) is 26.8. The summed E-state index contributed by atoms with van der Waals surface area (Å²) >= 11 is 0. The van der Waals surface area contributed by atoms with Gasteiger partial charge in [-0.1, -0.05) is 97.1 Å². The molecule has 0 aliphatic rings. The summed E-state index contributed by atoms with van der Waals surface area (Å²) in [4.78, 5) is 0. The highest BCUT2D eigenvalue weighted by atomic mass is 15.0. The summed E-state index contributed by atoms with van der Waals surface area (Å²) < 4.78 is 4.85. The highest BCUT2D eigenvalue weighted by Crippen LogP contribution is 2.32. The molecule has 0 spiro atoms. The average Bonchev–Trinajstić information content (AvgIpc) is 3.61. The van der Waals surface area contributed by atoms with Crippen molar-refractivity contribution in [2.24, 2.45) is 0 Å². The van der Waals surface area contributed by atoms with Crippen molar-refractivity contribution in [1.29, 1.82) is 0 Å². The Morgan fingerprint density at radius 3 is 1.11 bits per heavy atom.